The Morgan fingerprint density at radius 1 is 0.406 bits per heavy atom. The maximum absolute atomic E-state index is 15.2. The third kappa shape index (κ3) is 20.3. The Bertz CT molecular complexity index is 3100. The zero-order chi connectivity index (χ0) is 70.2. The van der Waals surface area contributed by atoms with Gasteiger partial charge in [-0.1, -0.05) is 104 Å². The van der Waals surface area contributed by atoms with Crippen LogP contribution >= 0.6 is 0 Å². The largest absolute Gasteiger partial charge is 0.451 e. The minimum Gasteiger partial charge on any atom is -0.451 e. The molecule has 0 radical (unpaired) electrons. The zero-order valence-corrected chi connectivity index (χ0v) is 58.8. The fraction of sp³-hybridized carbons (Fsp3) is 0.611. The molecule has 3 fully saturated rings. The Morgan fingerprint density at radius 2 is 0.677 bits per heavy atom. The average molecular weight is 1330 g/mol. The second-order valence-electron chi connectivity index (χ2n) is 28.0. The van der Waals surface area contributed by atoms with Crippen LogP contribution < -0.4 is 0 Å². The van der Waals surface area contributed by atoms with Crippen molar-refractivity contribution in [2.75, 3.05) is 54.4 Å². The molecular weight excluding hydrogens is 1230 g/mol. The van der Waals surface area contributed by atoms with Gasteiger partial charge < -0.3 is 48.3 Å². The van der Waals surface area contributed by atoms with Gasteiger partial charge in [0.1, 0.15) is 24.2 Å². The number of likely N-dealkylation sites (N-methyl/N-ethyl adjacent to an activating group) is 4. The summed E-state index contributed by atoms with van der Waals surface area (Å²) in [6.07, 6.45) is 6.17. The topological polar surface area (TPSA) is 263 Å². The van der Waals surface area contributed by atoms with Crippen molar-refractivity contribution >= 4 is 59.3 Å². The first-order valence-corrected chi connectivity index (χ1v) is 34.2. The van der Waals surface area contributed by atoms with E-state index >= 15 is 9.59 Å². The molecule has 0 unspecified atom stereocenters. The summed E-state index contributed by atoms with van der Waals surface area (Å²) >= 11 is 0. The van der Waals surface area contributed by atoms with E-state index in [1.165, 1.54) is 42.0 Å². The lowest BCUT2D eigenvalue weighted by Crippen LogP contribution is -2.55. The maximum Gasteiger partial charge on any atom is 0.329 e. The maximum atomic E-state index is 15.2. The van der Waals surface area contributed by atoms with Gasteiger partial charge in [-0.15, -0.1) is 0 Å². The van der Waals surface area contributed by atoms with Gasteiger partial charge in [0.05, 0.1) is 36.6 Å². The number of hydrogen-bond acceptors (Lipinski definition) is 16. The number of rotatable bonds is 18. The third-order valence-electron chi connectivity index (χ3n) is 18.1. The Hall–Kier alpha value is -8.44. The molecule has 5 heterocycles. The van der Waals surface area contributed by atoms with Gasteiger partial charge in [0.2, 0.25) is 0 Å². The van der Waals surface area contributed by atoms with E-state index in [-0.39, 0.29) is 74.0 Å². The van der Waals surface area contributed by atoms with E-state index in [4.69, 9.17) is 18.9 Å². The molecule has 524 valence electrons. The van der Waals surface area contributed by atoms with E-state index in [9.17, 15) is 38.4 Å². The number of hydrogen-bond donors (Lipinski definition) is 0. The number of carbonyl (C=O) groups excluding carboxylic acids is 10. The highest BCUT2D eigenvalue weighted by Gasteiger charge is 2.43. The van der Waals surface area contributed by atoms with E-state index in [0.717, 1.165) is 69.3 Å². The molecule has 4 aromatic rings. The van der Waals surface area contributed by atoms with Crippen molar-refractivity contribution in [3.05, 3.63) is 107 Å². The second kappa shape index (κ2) is 34.5. The molecule has 8 atom stereocenters. The molecule has 0 spiro atoms. The third-order valence-corrected chi connectivity index (χ3v) is 18.1. The van der Waals surface area contributed by atoms with Crippen LogP contribution in [0, 0.1) is 23.7 Å². The summed E-state index contributed by atoms with van der Waals surface area (Å²) in [5.41, 5.74) is 3.76. The Balaban J connectivity index is 1.20. The molecule has 96 heavy (non-hydrogen) atoms. The average Bonchev–Trinajstić information content (AvgIpc) is 1.09. The predicted octanol–water partition coefficient (Wildman–Crippen LogP) is 7.41. The normalized spacial score (nSPS) is 23.2. The van der Waals surface area contributed by atoms with E-state index in [2.05, 4.69) is 10.2 Å². The number of aromatic nitrogens is 4. The van der Waals surface area contributed by atoms with Crippen molar-refractivity contribution in [2.24, 2.45) is 23.7 Å². The molecule has 0 bridgehead atoms. The molecule has 2 aromatic carbocycles. The quantitative estimate of drug-likeness (QED) is 0.0693. The van der Waals surface area contributed by atoms with Crippen LogP contribution in [0.25, 0.3) is 0 Å². The fourth-order valence-corrected chi connectivity index (χ4v) is 12.5. The summed E-state index contributed by atoms with van der Waals surface area (Å²) in [6.45, 7) is 20.9. The first-order valence-electron chi connectivity index (χ1n) is 34.2. The second-order valence-corrected chi connectivity index (χ2v) is 28.0. The van der Waals surface area contributed by atoms with Crippen LogP contribution in [0.15, 0.2) is 73.3 Å². The molecule has 0 saturated carbocycles. The molecular formula is C72H102N10O14. The van der Waals surface area contributed by atoms with E-state index in [1.54, 1.807) is 58.4 Å². The predicted molar refractivity (Wildman–Crippen MR) is 357 cm³/mol. The number of cyclic esters (lactones) is 4. The molecule has 24 heteroatoms. The lowest BCUT2D eigenvalue weighted by atomic mass is 9.99. The van der Waals surface area contributed by atoms with E-state index in [1.807, 2.05) is 89.5 Å². The number of benzene rings is 2. The first-order chi connectivity index (χ1) is 45.5. The highest BCUT2D eigenvalue weighted by atomic mass is 16.6. The van der Waals surface area contributed by atoms with Crippen LogP contribution in [0.3, 0.4) is 0 Å². The summed E-state index contributed by atoms with van der Waals surface area (Å²) in [7, 11) is 5.52. The van der Waals surface area contributed by atoms with Crippen molar-refractivity contribution in [1.82, 2.24) is 49.0 Å². The van der Waals surface area contributed by atoms with Crippen molar-refractivity contribution < 1.29 is 66.9 Å². The molecule has 3 aliphatic rings. The van der Waals surface area contributed by atoms with E-state index < -0.39 is 96.1 Å². The van der Waals surface area contributed by atoms with Gasteiger partial charge in [-0.25, -0.2) is 19.2 Å². The van der Waals surface area contributed by atoms with Gasteiger partial charge in [-0.3, -0.25) is 38.1 Å². The van der Waals surface area contributed by atoms with Gasteiger partial charge in [0.15, 0.2) is 24.4 Å². The summed E-state index contributed by atoms with van der Waals surface area (Å²) in [6, 6.07) is 9.09. The molecule has 0 aliphatic carbocycles. The van der Waals surface area contributed by atoms with Crippen molar-refractivity contribution in [3.63, 3.8) is 0 Å². The highest BCUT2D eigenvalue weighted by Crippen LogP contribution is 2.26. The first kappa shape index (κ1) is 74.9. The minimum absolute atomic E-state index is 0.0506. The monoisotopic (exact) mass is 1330 g/mol. The Kier molecular flexibility index (Phi) is 26.9. The summed E-state index contributed by atoms with van der Waals surface area (Å²) < 4.78 is 27.8. The number of likely N-dealkylation sites (tertiary alicyclic amines) is 2. The molecule has 6 amide bonds. The lowest BCUT2D eigenvalue weighted by molar-refractivity contribution is -0.176. The van der Waals surface area contributed by atoms with Crippen molar-refractivity contribution in [3.8, 4) is 0 Å². The van der Waals surface area contributed by atoms with Crippen LogP contribution in [0.5, 0.6) is 0 Å². The number of esters is 4. The highest BCUT2D eigenvalue weighted by molar-refractivity contribution is 5.96. The summed E-state index contributed by atoms with van der Waals surface area (Å²) in [4.78, 5) is 153. The smallest absolute Gasteiger partial charge is 0.329 e. The van der Waals surface area contributed by atoms with Crippen molar-refractivity contribution in [2.45, 2.75) is 208 Å². The van der Waals surface area contributed by atoms with E-state index in [0.29, 0.717) is 61.5 Å². The van der Waals surface area contributed by atoms with Crippen LogP contribution in [-0.2, 0) is 83.2 Å². The summed E-state index contributed by atoms with van der Waals surface area (Å²) in [5.74, 6) is -7.93. The zero-order valence-electron chi connectivity index (χ0n) is 58.8. The van der Waals surface area contributed by atoms with Gasteiger partial charge >= 0.3 is 23.9 Å². The summed E-state index contributed by atoms with van der Waals surface area (Å²) in [5, 5.41) is 8.90. The lowest BCUT2D eigenvalue weighted by Gasteiger charge is -2.35. The van der Waals surface area contributed by atoms with Crippen LogP contribution in [0.4, 0.5) is 0 Å². The van der Waals surface area contributed by atoms with Crippen LogP contribution in [0.1, 0.15) is 176 Å². The van der Waals surface area contributed by atoms with Gasteiger partial charge in [0.25, 0.3) is 35.4 Å². The minimum atomic E-state index is -1.59. The standard InChI is InChI=1S/C72H102N10O14/c1-45(2)33-57-69(89)93-49(9)63(83)75(11)60(36-48(7)8)72(92)96-62(38-52-23-27-54(28-24-52)42-82-44-56(40-74-82)66(86)80-31-19-16-20-32-80)68(88)78(14)58(34-46(3)4)70(90)94-50(10)64(84)76(12)59(35-47(5)6)71(91)95-61(67(87)77(57)13)37-51-21-25-53(26-22-51)41-81-43-55(39-73-81)65(85)79-29-17-15-18-30-79/h21-28,39-40,43-50,57-62H,15-20,29-38,41-42H2,1-14H3/t49-,50-,57+,58+,59+,60+,61-,62-/m1/s1. The molecule has 24 nitrogen and oxygen atoms in total. The number of nitrogens with zero attached hydrogens (tertiary/aromatic N) is 10. The number of piperidine rings is 2. The molecule has 3 aliphatic heterocycles. The molecule has 3 saturated heterocycles. The molecule has 2 aromatic heterocycles. The number of amides is 6. The van der Waals surface area contributed by atoms with Gasteiger partial charge in [-0.2, -0.15) is 10.2 Å². The van der Waals surface area contributed by atoms with Crippen LogP contribution in [-0.4, -0.2) is 211 Å². The number of carbonyl (C=O) groups is 10. The molecule has 7 rings (SSSR count). The Morgan fingerprint density at radius 3 is 0.969 bits per heavy atom. The fourth-order valence-electron chi connectivity index (χ4n) is 12.5. The number of ether oxygens (including phenoxy) is 4. The Labute approximate surface area is 565 Å². The van der Waals surface area contributed by atoms with Gasteiger partial charge in [0, 0.05) is 79.6 Å². The molecule has 0 N–H and O–H groups in total. The van der Waals surface area contributed by atoms with Crippen LogP contribution in [0.2, 0.25) is 0 Å². The van der Waals surface area contributed by atoms with Crippen molar-refractivity contribution in [1.29, 1.82) is 0 Å². The van der Waals surface area contributed by atoms with Gasteiger partial charge in [-0.05, 0) is 124 Å². The SMILES string of the molecule is CC(C)C[C@H]1C(=O)O[C@H](Cc2ccc(Cn3cc(C(=O)N4CCCCC4)cn3)cc2)C(=O)N(C)[C@@H](CC(C)C)C(=O)O[C@H](C)C(=O)N(C)[C@@H](CC(C)C)C(=O)O[C@H](Cc2ccc(Cn3cc(C(=O)N4CCCCC4)cn3)cc2)C(=O)N(C)[C@@H](CC(C)C)C(=O)O[C@H](C)C(=O)N1C.